The molecule has 0 aliphatic carbocycles. The summed E-state index contributed by atoms with van der Waals surface area (Å²) >= 11 is 1.39. The van der Waals surface area contributed by atoms with Crippen molar-refractivity contribution in [2.24, 2.45) is 5.92 Å². The third kappa shape index (κ3) is 2.50. The van der Waals surface area contributed by atoms with Crippen LogP contribution in [0.5, 0.6) is 0 Å². The maximum Gasteiger partial charge on any atom is 0.134 e. The van der Waals surface area contributed by atoms with E-state index in [1.807, 2.05) is 7.05 Å². The second-order valence-corrected chi connectivity index (χ2v) is 5.12. The van der Waals surface area contributed by atoms with Crippen LogP contribution in [-0.4, -0.2) is 45.8 Å². The number of aliphatic hydroxyl groups excluding tert-OH is 1. The van der Waals surface area contributed by atoms with Crippen molar-refractivity contribution in [2.45, 2.75) is 26.0 Å². The molecule has 0 saturated carbocycles. The summed E-state index contributed by atoms with van der Waals surface area (Å²) in [5.41, 5.74) is 1.01. The summed E-state index contributed by atoms with van der Waals surface area (Å²) in [5, 5.41) is 17.9. The molecule has 1 aromatic heterocycles. The number of nitrogens with zero attached hydrogens (tertiary/aromatic N) is 3. The third-order valence-corrected chi connectivity index (χ3v) is 3.89. The topological polar surface area (TPSA) is 61.3 Å². The number of rotatable bonds is 3. The van der Waals surface area contributed by atoms with Gasteiger partial charge in [-0.1, -0.05) is 11.4 Å². The summed E-state index contributed by atoms with van der Waals surface area (Å²) in [6.45, 7) is 4.78. The zero-order valence-electron chi connectivity index (χ0n) is 9.68. The normalized spacial score (nSPS) is 26.9. The number of aromatic nitrogens is 2. The van der Waals surface area contributed by atoms with Crippen molar-refractivity contribution >= 4 is 16.5 Å². The van der Waals surface area contributed by atoms with Gasteiger partial charge in [-0.25, -0.2) is 0 Å². The Morgan fingerprint density at radius 3 is 3.12 bits per heavy atom. The van der Waals surface area contributed by atoms with E-state index in [0.717, 1.165) is 36.8 Å². The van der Waals surface area contributed by atoms with Crippen LogP contribution in [0.3, 0.4) is 0 Å². The molecule has 0 spiro atoms. The van der Waals surface area contributed by atoms with Crippen LogP contribution in [-0.2, 0) is 6.54 Å². The summed E-state index contributed by atoms with van der Waals surface area (Å²) in [5.74, 6) is 0.346. The average molecular weight is 242 g/mol. The largest absolute Gasteiger partial charge is 0.393 e. The van der Waals surface area contributed by atoms with Gasteiger partial charge in [-0.2, -0.15) is 0 Å². The maximum absolute atomic E-state index is 9.66. The highest BCUT2D eigenvalue weighted by Gasteiger charge is 2.25. The minimum Gasteiger partial charge on any atom is -0.393 e. The van der Waals surface area contributed by atoms with Crippen molar-refractivity contribution in [3.05, 3.63) is 5.69 Å². The van der Waals surface area contributed by atoms with Crippen LogP contribution >= 0.6 is 11.5 Å². The predicted octanol–water partition coefficient (Wildman–Crippen LogP) is 0.782. The number of hydrogen-bond donors (Lipinski definition) is 2. The first kappa shape index (κ1) is 11.8. The van der Waals surface area contributed by atoms with E-state index in [1.165, 1.54) is 11.5 Å². The van der Waals surface area contributed by atoms with Crippen LogP contribution in [0.4, 0.5) is 5.00 Å². The number of piperidine rings is 1. The maximum atomic E-state index is 9.66. The summed E-state index contributed by atoms with van der Waals surface area (Å²) in [6.07, 6.45) is 0.710. The van der Waals surface area contributed by atoms with E-state index in [9.17, 15) is 5.11 Å². The fraction of sp³-hybridized carbons (Fsp3) is 0.800. The van der Waals surface area contributed by atoms with E-state index < -0.39 is 0 Å². The highest BCUT2D eigenvalue weighted by molar-refractivity contribution is 7.10. The SMILES string of the molecule is CNc1snnc1CN1CCC(O)C(C)C1. The molecule has 0 aromatic carbocycles. The Hall–Kier alpha value is -0.720. The molecule has 6 heteroatoms. The Labute approximate surface area is 99.6 Å². The minimum absolute atomic E-state index is 0.145. The van der Waals surface area contributed by atoms with E-state index in [0.29, 0.717) is 5.92 Å². The highest BCUT2D eigenvalue weighted by Crippen LogP contribution is 2.22. The molecule has 1 aliphatic rings. The minimum atomic E-state index is -0.145. The smallest absolute Gasteiger partial charge is 0.134 e. The summed E-state index contributed by atoms with van der Waals surface area (Å²) in [4.78, 5) is 2.33. The van der Waals surface area contributed by atoms with E-state index in [1.54, 1.807) is 0 Å². The van der Waals surface area contributed by atoms with Gasteiger partial charge in [-0.15, -0.1) is 5.10 Å². The van der Waals surface area contributed by atoms with E-state index in [4.69, 9.17) is 0 Å². The molecule has 2 unspecified atom stereocenters. The summed E-state index contributed by atoms with van der Waals surface area (Å²) < 4.78 is 3.95. The van der Waals surface area contributed by atoms with Crippen LogP contribution in [0.2, 0.25) is 0 Å². The molecular formula is C10H18N4OS. The summed E-state index contributed by atoms with van der Waals surface area (Å²) in [7, 11) is 1.89. The first-order valence-electron chi connectivity index (χ1n) is 5.60. The second-order valence-electron chi connectivity index (χ2n) is 4.37. The van der Waals surface area contributed by atoms with Crippen molar-refractivity contribution in [1.82, 2.24) is 14.5 Å². The van der Waals surface area contributed by atoms with Crippen LogP contribution in [0, 0.1) is 5.92 Å². The lowest BCUT2D eigenvalue weighted by atomic mass is 9.97. The highest BCUT2D eigenvalue weighted by atomic mass is 32.1. The van der Waals surface area contributed by atoms with E-state index in [-0.39, 0.29) is 6.10 Å². The Balaban J connectivity index is 1.95. The van der Waals surface area contributed by atoms with E-state index in [2.05, 4.69) is 26.7 Å². The average Bonchev–Trinajstić information content (AvgIpc) is 2.71. The quantitative estimate of drug-likeness (QED) is 0.820. The fourth-order valence-corrected chi connectivity index (χ4v) is 2.60. The molecule has 1 fully saturated rings. The van der Waals surface area contributed by atoms with Gasteiger partial charge >= 0.3 is 0 Å². The lowest BCUT2D eigenvalue weighted by Crippen LogP contribution is -2.41. The van der Waals surface area contributed by atoms with Crippen molar-refractivity contribution in [1.29, 1.82) is 0 Å². The van der Waals surface area contributed by atoms with Crippen LogP contribution in [0.25, 0.3) is 0 Å². The number of likely N-dealkylation sites (tertiary alicyclic amines) is 1. The molecule has 0 bridgehead atoms. The fourth-order valence-electron chi connectivity index (χ4n) is 2.08. The van der Waals surface area contributed by atoms with Crippen molar-refractivity contribution in [3.63, 3.8) is 0 Å². The molecule has 5 nitrogen and oxygen atoms in total. The van der Waals surface area contributed by atoms with Gasteiger partial charge in [0.2, 0.25) is 0 Å². The molecule has 2 heterocycles. The standard InChI is InChI=1S/C10H18N4OS/c1-7-5-14(4-3-9(7)15)6-8-10(11-2)16-13-12-8/h7,9,11,15H,3-6H2,1-2H3. The zero-order chi connectivity index (χ0) is 11.5. The molecule has 2 atom stereocenters. The van der Waals surface area contributed by atoms with Crippen molar-refractivity contribution in [2.75, 3.05) is 25.5 Å². The lowest BCUT2D eigenvalue weighted by Gasteiger charge is -2.33. The lowest BCUT2D eigenvalue weighted by molar-refractivity contribution is 0.0316. The molecule has 16 heavy (non-hydrogen) atoms. The van der Waals surface area contributed by atoms with Crippen LogP contribution < -0.4 is 5.32 Å². The van der Waals surface area contributed by atoms with Crippen molar-refractivity contribution < 1.29 is 5.11 Å². The third-order valence-electron chi connectivity index (χ3n) is 3.10. The molecule has 1 aliphatic heterocycles. The van der Waals surface area contributed by atoms with Crippen LogP contribution in [0.1, 0.15) is 19.0 Å². The number of anilines is 1. The molecule has 1 saturated heterocycles. The molecule has 0 radical (unpaired) electrons. The zero-order valence-corrected chi connectivity index (χ0v) is 10.5. The van der Waals surface area contributed by atoms with Gasteiger partial charge in [-0.05, 0) is 12.3 Å². The first-order valence-corrected chi connectivity index (χ1v) is 6.37. The number of aliphatic hydroxyl groups is 1. The van der Waals surface area contributed by atoms with Gasteiger partial charge in [0.05, 0.1) is 6.10 Å². The van der Waals surface area contributed by atoms with Crippen molar-refractivity contribution in [3.8, 4) is 0 Å². The first-order chi connectivity index (χ1) is 7.70. The Bertz CT molecular complexity index is 343. The molecular weight excluding hydrogens is 224 g/mol. The molecule has 90 valence electrons. The summed E-state index contributed by atoms with van der Waals surface area (Å²) in [6, 6.07) is 0. The van der Waals surface area contributed by atoms with Gasteiger partial charge < -0.3 is 10.4 Å². The number of nitrogens with one attached hydrogen (secondary N) is 1. The molecule has 1 aromatic rings. The van der Waals surface area contributed by atoms with Gasteiger partial charge in [-0.3, -0.25) is 4.90 Å². The Morgan fingerprint density at radius 1 is 1.62 bits per heavy atom. The monoisotopic (exact) mass is 242 g/mol. The van der Waals surface area contributed by atoms with Gasteiger partial charge in [0.25, 0.3) is 0 Å². The second kappa shape index (κ2) is 5.07. The predicted molar refractivity (Wildman–Crippen MR) is 64.5 cm³/mol. The Morgan fingerprint density at radius 2 is 2.44 bits per heavy atom. The Kier molecular flexibility index (Phi) is 3.73. The van der Waals surface area contributed by atoms with Gasteiger partial charge in [0.15, 0.2) is 0 Å². The van der Waals surface area contributed by atoms with Crippen LogP contribution in [0.15, 0.2) is 0 Å². The van der Waals surface area contributed by atoms with Gasteiger partial charge in [0.1, 0.15) is 10.7 Å². The van der Waals surface area contributed by atoms with Gasteiger partial charge in [0, 0.05) is 38.2 Å². The molecule has 0 amide bonds. The van der Waals surface area contributed by atoms with E-state index >= 15 is 0 Å². The molecule has 2 N–H and O–H groups in total. The molecule has 2 rings (SSSR count). The number of hydrogen-bond acceptors (Lipinski definition) is 6.